The lowest BCUT2D eigenvalue weighted by molar-refractivity contribution is 0.262. The Bertz CT molecular complexity index is 871. The molecule has 0 radical (unpaired) electrons. The molecule has 1 heterocycles. The van der Waals surface area contributed by atoms with Crippen molar-refractivity contribution in [3.05, 3.63) is 70.5 Å². The molecule has 2 amide bonds. The van der Waals surface area contributed by atoms with E-state index in [0.717, 1.165) is 21.4 Å². The van der Waals surface area contributed by atoms with Crippen LogP contribution in [0, 0.1) is 13.8 Å². The number of carbonyl (C=O) groups excluding carboxylic acids is 1. The van der Waals surface area contributed by atoms with E-state index in [9.17, 15) is 4.79 Å². The van der Waals surface area contributed by atoms with Crippen LogP contribution in [-0.4, -0.2) is 15.8 Å². The molecule has 0 aliphatic rings. The van der Waals surface area contributed by atoms with E-state index in [0.29, 0.717) is 5.69 Å². The topological polar surface area (TPSA) is 59.0 Å². The molecule has 0 saturated heterocycles. The number of aryl methyl sites for hydroxylation is 2. The number of rotatable bonds is 3. The maximum atomic E-state index is 12.1. The van der Waals surface area contributed by atoms with Gasteiger partial charge in [0, 0.05) is 17.6 Å². The number of hydrogen-bond acceptors (Lipinski definition) is 2. The minimum absolute atomic E-state index is 0.267. The van der Waals surface area contributed by atoms with Gasteiger partial charge in [0.1, 0.15) is 0 Å². The van der Waals surface area contributed by atoms with Gasteiger partial charge in [-0.1, -0.05) is 17.7 Å². The number of anilines is 2. The Morgan fingerprint density at radius 2 is 1.83 bits per heavy atom. The Hall–Kier alpha value is -2.60. The van der Waals surface area contributed by atoms with E-state index in [1.54, 1.807) is 10.9 Å². The van der Waals surface area contributed by atoms with Crippen molar-refractivity contribution in [1.82, 2.24) is 9.78 Å². The van der Waals surface area contributed by atoms with Crippen LogP contribution in [0.4, 0.5) is 16.2 Å². The van der Waals surface area contributed by atoms with Crippen molar-refractivity contribution in [2.45, 2.75) is 13.8 Å². The lowest BCUT2D eigenvalue weighted by atomic mass is 10.1. The van der Waals surface area contributed by atoms with Gasteiger partial charge in [0.25, 0.3) is 0 Å². The second kappa shape index (κ2) is 6.88. The molecule has 0 bridgehead atoms. The van der Waals surface area contributed by atoms with Crippen LogP contribution in [0.15, 0.2) is 59.3 Å². The number of amides is 2. The normalized spacial score (nSPS) is 10.5. The van der Waals surface area contributed by atoms with E-state index >= 15 is 0 Å². The number of halogens is 1. The molecule has 0 saturated carbocycles. The van der Waals surface area contributed by atoms with Gasteiger partial charge in [-0.05, 0) is 65.7 Å². The largest absolute Gasteiger partial charge is 0.323 e. The van der Waals surface area contributed by atoms with Gasteiger partial charge >= 0.3 is 6.03 Å². The molecule has 0 fully saturated rings. The fourth-order valence-corrected chi connectivity index (χ4v) is 2.66. The second-order valence-corrected chi connectivity index (χ2v) is 6.46. The van der Waals surface area contributed by atoms with Gasteiger partial charge in [-0.15, -0.1) is 0 Å². The van der Waals surface area contributed by atoms with Gasteiger partial charge in [-0.3, -0.25) is 0 Å². The first-order valence-electron chi connectivity index (χ1n) is 7.47. The molecule has 0 aliphatic heterocycles. The average Bonchev–Trinajstić information content (AvgIpc) is 2.97. The molecular weight excluding hydrogens is 368 g/mol. The maximum absolute atomic E-state index is 12.1. The minimum atomic E-state index is -0.267. The van der Waals surface area contributed by atoms with Crippen molar-refractivity contribution < 1.29 is 4.79 Å². The van der Waals surface area contributed by atoms with Crippen LogP contribution >= 0.6 is 15.9 Å². The molecule has 0 atom stereocenters. The zero-order valence-corrected chi connectivity index (χ0v) is 15.0. The van der Waals surface area contributed by atoms with Crippen LogP contribution in [0.2, 0.25) is 0 Å². The molecule has 24 heavy (non-hydrogen) atoms. The third-order valence-electron chi connectivity index (χ3n) is 3.57. The molecule has 0 unspecified atom stereocenters. The standard InChI is InChI=1S/C18H17BrN4O/c1-12-3-8-17(13(2)9-12)22-18(24)21-15-4-6-16(7-5-15)23-11-14(19)10-20-23/h3-11H,1-2H3,(H2,21,22,24). The molecule has 0 aliphatic carbocycles. The van der Waals surface area contributed by atoms with Gasteiger partial charge in [-0.2, -0.15) is 5.10 Å². The van der Waals surface area contributed by atoms with Crippen LogP contribution in [0.1, 0.15) is 11.1 Å². The van der Waals surface area contributed by atoms with Crippen molar-refractivity contribution >= 4 is 33.3 Å². The quantitative estimate of drug-likeness (QED) is 0.674. The number of nitrogens with one attached hydrogen (secondary N) is 2. The van der Waals surface area contributed by atoms with Crippen molar-refractivity contribution in [2.75, 3.05) is 10.6 Å². The summed E-state index contributed by atoms with van der Waals surface area (Å²) in [5.74, 6) is 0. The molecule has 1 aromatic heterocycles. The van der Waals surface area contributed by atoms with Crippen molar-refractivity contribution in [3.8, 4) is 5.69 Å². The molecule has 5 nitrogen and oxygen atoms in total. The molecule has 3 rings (SSSR count). The summed E-state index contributed by atoms with van der Waals surface area (Å²) in [4.78, 5) is 12.1. The summed E-state index contributed by atoms with van der Waals surface area (Å²) < 4.78 is 2.67. The van der Waals surface area contributed by atoms with Gasteiger partial charge < -0.3 is 10.6 Å². The monoisotopic (exact) mass is 384 g/mol. The zero-order chi connectivity index (χ0) is 17.1. The Morgan fingerprint density at radius 3 is 2.46 bits per heavy atom. The first-order chi connectivity index (χ1) is 11.5. The highest BCUT2D eigenvalue weighted by Crippen LogP contribution is 2.18. The van der Waals surface area contributed by atoms with Crippen LogP contribution in [0.5, 0.6) is 0 Å². The number of urea groups is 1. The lowest BCUT2D eigenvalue weighted by Crippen LogP contribution is -2.20. The third-order valence-corrected chi connectivity index (χ3v) is 3.98. The van der Waals surface area contributed by atoms with E-state index in [4.69, 9.17) is 0 Å². The summed E-state index contributed by atoms with van der Waals surface area (Å²) >= 11 is 3.37. The van der Waals surface area contributed by atoms with Crippen LogP contribution < -0.4 is 10.6 Å². The fraction of sp³-hybridized carbons (Fsp3) is 0.111. The van der Waals surface area contributed by atoms with Gasteiger partial charge in [-0.25, -0.2) is 9.48 Å². The van der Waals surface area contributed by atoms with Gasteiger partial charge in [0.2, 0.25) is 0 Å². The van der Waals surface area contributed by atoms with Crippen molar-refractivity contribution in [3.63, 3.8) is 0 Å². The number of benzene rings is 2. The number of aromatic nitrogens is 2. The first-order valence-corrected chi connectivity index (χ1v) is 8.26. The second-order valence-electron chi connectivity index (χ2n) is 5.55. The molecule has 3 aromatic rings. The number of hydrogen-bond donors (Lipinski definition) is 2. The molecule has 2 N–H and O–H groups in total. The van der Waals surface area contributed by atoms with Crippen molar-refractivity contribution in [2.24, 2.45) is 0 Å². The lowest BCUT2D eigenvalue weighted by Gasteiger charge is -2.11. The first kappa shape index (κ1) is 16.3. The van der Waals surface area contributed by atoms with E-state index in [-0.39, 0.29) is 6.03 Å². The SMILES string of the molecule is Cc1ccc(NC(=O)Nc2ccc(-n3cc(Br)cn3)cc2)c(C)c1. The zero-order valence-electron chi connectivity index (χ0n) is 13.4. The summed E-state index contributed by atoms with van der Waals surface area (Å²) in [6.45, 7) is 4.00. The Morgan fingerprint density at radius 1 is 1.08 bits per heavy atom. The summed E-state index contributed by atoms with van der Waals surface area (Å²) in [6, 6.07) is 13.1. The number of nitrogens with zero attached hydrogens (tertiary/aromatic N) is 2. The highest BCUT2D eigenvalue weighted by Gasteiger charge is 2.06. The molecule has 0 spiro atoms. The highest BCUT2D eigenvalue weighted by molar-refractivity contribution is 9.10. The van der Waals surface area contributed by atoms with Gasteiger partial charge in [0.05, 0.1) is 16.4 Å². The highest BCUT2D eigenvalue weighted by atomic mass is 79.9. The van der Waals surface area contributed by atoms with Crippen LogP contribution in [-0.2, 0) is 0 Å². The predicted octanol–water partition coefficient (Wildman–Crippen LogP) is 4.90. The summed E-state index contributed by atoms with van der Waals surface area (Å²) in [5, 5.41) is 9.91. The third kappa shape index (κ3) is 3.83. The molecule has 122 valence electrons. The Labute approximate surface area is 148 Å². The van der Waals surface area contributed by atoms with Gasteiger partial charge in [0.15, 0.2) is 0 Å². The molecule has 6 heteroatoms. The van der Waals surface area contributed by atoms with E-state index in [1.165, 1.54) is 5.56 Å². The summed E-state index contributed by atoms with van der Waals surface area (Å²) in [5.41, 5.74) is 4.63. The smallest absolute Gasteiger partial charge is 0.308 e. The predicted molar refractivity (Wildman–Crippen MR) is 99.8 cm³/mol. The molecule has 2 aromatic carbocycles. The minimum Gasteiger partial charge on any atom is -0.308 e. The summed E-state index contributed by atoms with van der Waals surface area (Å²) in [7, 11) is 0. The summed E-state index contributed by atoms with van der Waals surface area (Å²) in [6.07, 6.45) is 3.60. The number of carbonyl (C=O) groups is 1. The van der Waals surface area contributed by atoms with Crippen LogP contribution in [0.25, 0.3) is 5.69 Å². The average molecular weight is 385 g/mol. The van der Waals surface area contributed by atoms with E-state index in [1.807, 2.05) is 62.5 Å². The Balaban J connectivity index is 1.66. The fourth-order valence-electron chi connectivity index (χ4n) is 2.38. The molecular formula is C18H17BrN4O. The van der Waals surface area contributed by atoms with E-state index < -0.39 is 0 Å². The maximum Gasteiger partial charge on any atom is 0.323 e. The Kier molecular flexibility index (Phi) is 4.66. The van der Waals surface area contributed by atoms with E-state index in [2.05, 4.69) is 31.7 Å². The van der Waals surface area contributed by atoms with Crippen LogP contribution in [0.3, 0.4) is 0 Å². The van der Waals surface area contributed by atoms with Crippen molar-refractivity contribution in [1.29, 1.82) is 0 Å².